The highest BCUT2D eigenvalue weighted by Crippen LogP contribution is 2.14. The molecule has 1 aromatic heterocycles. The topological polar surface area (TPSA) is 47.0 Å². The summed E-state index contributed by atoms with van der Waals surface area (Å²) in [4.78, 5) is 8.22. The number of hydrogen-bond donors (Lipinski definition) is 1. The van der Waals surface area contributed by atoms with E-state index >= 15 is 0 Å². The van der Waals surface area contributed by atoms with Crippen molar-refractivity contribution < 1.29 is 4.74 Å². The van der Waals surface area contributed by atoms with Crippen molar-refractivity contribution in [2.75, 3.05) is 18.1 Å². The molecule has 1 atom stereocenters. The Balaban J connectivity index is 2.43. The molecule has 0 aliphatic rings. The molecule has 0 fully saturated rings. The van der Waals surface area contributed by atoms with Crippen LogP contribution in [0.15, 0.2) is 12.4 Å². The molecule has 17 heavy (non-hydrogen) atoms. The molecule has 1 rings (SSSR count). The molecular weight excluding hydrogens is 234 g/mol. The van der Waals surface area contributed by atoms with Crippen LogP contribution in [-0.4, -0.2) is 34.1 Å². The second-order valence-electron chi connectivity index (χ2n) is 4.17. The van der Waals surface area contributed by atoms with Crippen LogP contribution >= 0.6 is 11.8 Å². The quantitative estimate of drug-likeness (QED) is 0.812. The summed E-state index contributed by atoms with van der Waals surface area (Å²) in [7, 11) is 0. The van der Waals surface area contributed by atoms with Crippen LogP contribution in [0, 0.1) is 0 Å². The first-order valence-electron chi connectivity index (χ1n) is 5.87. The van der Waals surface area contributed by atoms with Crippen LogP contribution in [0.2, 0.25) is 0 Å². The van der Waals surface area contributed by atoms with Crippen molar-refractivity contribution >= 4 is 17.6 Å². The predicted octanol–water partition coefficient (Wildman–Crippen LogP) is 2.82. The summed E-state index contributed by atoms with van der Waals surface area (Å²) in [5, 5.41) is 3.94. The van der Waals surface area contributed by atoms with Crippen LogP contribution in [0.5, 0.6) is 5.88 Å². The zero-order valence-corrected chi connectivity index (χ0v) is 11.8. The lowest BCUT2D eigenvalue weighted by atomic mass is 10.3. The summed E-state index contributed by atoms with van der Waals surface area (Å²) in [6.07, 6.45) is 4.90. The first-order chi connectivity index (χ1) is 8.11. The molecule has 0 saturated heterocycles. The third-order valence-corrected chi connectivity index (χ3v) is 3.30. The molecular formula is C12H21N3OS. The van der Waals surface area contributed by atoms with Crippen molar-refractivity contribution in [2.24, 2.45) is 0 Å². The predicted molar refractivity (Wildman–Crippen MR) is 73.9 cm³/mol. The summed E-state index contributed by atoms with van der Waals surface area (Å²) in [5.74, 6) is 1.44. The summed E-state index contributed by atoms with van der Waals surface area (Å²) in [6.45, 7) is 7.10. The van der Waals surface area contributed by atoms with E-state index in [4.69, 9.17) is 4.74 Å². The average Bonchev–Trinajstić information content (AvgIpc) is 2.28. The monoisotopic (exact) mass is 255 g/mol. The van der Waals surface area contributed by atoms with Crippen LogP contribution < -0.4 is 10.1 Å². The Morgan fingerprint density at radius 1 is 1.35 bits per heavy atom. The number of aromatic nitrogens is 2. The van der Waals surface area contributed by atoms with E-state index < -0.39 is 0 Å². The van der Waals surface area contributed by atoms with Gasteiger partial charge in [-0.25, -0.2) is 9.97 Å². The Morgan fingerprint density at radius 2 is 2.12 bits per heavy atom. The van der Waals surface area contributed by atoms with Gasteiger partial charge in [0.1, 0.15) is 12.1 Å². The van der Waals surface area contributed by atoms with Crippen LogP contribution in [0.1, 0.15) is 27.2 Å². The number of ether oxygens (including phenoxy) is 1. The maximum Gasteiger partial charge on any atom is 0.218 e. The SMILES string of the molecule is CSC(C)CCNc1cc(OC(C)C)ncn1. The van der Waals surface area contributed by atoms with Gasteiger partial charge in [-0.05, 0) is 26.5 Å². The first-order valence-corrected chi connectivity index (χ1v) is 7.16. The van der Waals surface area contributed by atoms with E-state index in [0.717, 1.165) is 18.8 Å². The van der Waals surface area contributed by atoms with Crippen molar-refractivity contribution in [2.45, 2.75) is 38.5 Å². The number of hydrogen-bond acceptors (Lipinski definition) is 5. The molecule has 0 bridgehead atoms. The molecule has 0 spiro atoms. The highest BCUT2D eigenvalue weighted by Gasteiger charge is 2.03. The Morgan fingerprint density at radius 3 is 2.76 bits per heavy atom. The zero-order valence-electron chi connectivity index (χ0n) is 10.9. The van der Waals surface area contributed by atoms with Crippen LogP contribution in [0.4, 0.5) is 5.82 Å². The molecule has 0 aliphatic carbocycles. The van der Waals surface area contributed by atoms with Gasteiger partial charge in [0.2, 0.25) is 5.88 Å². The molecule has 0 aliphatic heterocycles. The van der Waals surface area contributed by atoms with Gasteiger partial charge in [0.15, 0.2) is 0 Å². The van der Waals surface area contributed by atoms with Crippen molar-refractivity contribution in [1.82, 2.24) is 9.97 Å². The van der Waals surface area contributed by atoms with Gasteiger partial charge in [-0.15, -0.1) is 0 Å². The summed E-state index contributed by atoms with van der Waals surface area (Å²) >= 11 is 1.87. The van der Waals surface area contributed by atoms with E-state index in [1.165, 1.54) is 6.33 Å². The second-order valence-corrected chi connectivity index (χ2v) is 5.45. The van der Waals surface area contributed by atoms with E-state index in [0.29, 0.717) is 11.1 Å². The van der Waals surface area contributed by atoms with Gasteiger partial charge in [0.25, 0.3) is 0 Å². The minimum Gasteiger partial charge on any atom is -0.475 e. The van der Waals surface area contributed by atoms with Gasteiger partial charge >= 0.3 is 0 Å². The molecule has 0 saturated carbocycles. The highest BCUT2D eigenvalue weighted by molar-refractivity contribution is 7.99. The van der Waals surface area contributed by atoms with E-state index in [1.54, 1.807) is 0 Å². The molecule has 1 aromatic rings. The van der Waals surface area contributed by atoms with Gasteiger partial charge in [0, 0.05) is 17.9 Å². The Labute approximate surface area is 108 Å². The van der Waals surface area contributed by atoms with Crippen molar-refractivity contribution in [3.05, 3.63) is 12.4 Å². The maximum absolute atomic E-state index is 5.51. The second kappa shape index (κ2) is 7.37. The van der Waals surface area contributed by atoms with Crippen LogP contribution in [0.25, 0.3) is 0 Å². The van der Waals surface area contributed by atoms with Crippen molar-refractivity contribution in [3.8, 4) is 5.88 Å². The number of nitrogens with one attached hydrogen (secondary N) is 1. The average molecular weight is 255 g/mol. The largest absolute Gasteiger partial charge is 0.475 e. The van der Waals surface area contributed by atoms with Gasteiger partial charge in [-0.3, -0.25) is 0 Å². The van der Waals surface area contributed by atoms with E-state index in [2.05, 4.69) is 28.5 Å². The number of anilines is 1. The van der Waals surface area contributed by atoms with Crippen LogP contribution in [0.3, 0.4) is 0 Å². The molecule has 1 unspecified atom stereocenters. The lowest BCUT2D eigenvalue weighted by Gasteiger charge is -2.11. The first kappa shape index (κ1) is 14.1. The van der Waals surface area contributed by atoms with Gasteiger partial charge in [-0.2, -0.15) is 11.8 Å². The lowest BCUT2D eigenvalue weighted by Crippen LogP contribution is -2.10. The standard InChI is InChI=1S/C12H21N3OS/c1-9(2)16-12-7-11(14-8-15-12)13-6-5-10(3)17-4/h7-10H,5-6H2,1-4H3,(H,13,14,15). The molecule has 0 aromatic carbocycles. The summed E-state index contributed by atoms with van der Waals surface area (Å²) in [5.41, 5.74) is 0. The highest BCUT2D eigenvalue weighted by atomic mass is 32.2. The van der Waals surface area contributed by atoms with Crippen molar-refractivity contribution in [3.63, 3.8) is 0 Å². The number of rotatable bonds is 7. The van der Waals surface area contributed by atoms with Gasteiger partial charge in [-0.1, -0.05) is 6.92 Å². The van der Waals surface area contributed by atoms with E-state index in [1.807, 2.05) is 31.7 Å². The fourth-order valence-corrected chi connectivity index (χ4v) is 1.62. The molecule has 0 radical (unpaired) electrons. The Hall–Kier alpha value is -0.970. The van der Waals surface area contributed by atoms with Crippen molar-refractivity contribution in [1.29, 1.82) is 0 Å². The minimum absolute atomic E-state index is 0.134. The molecule has 5 heteroatoms. The molecule has 1 N–H and O–H groups in total. The molecule has 0 amide bonds. The third-order valence-electron chi connectivity index (χ3n) is 2.26. The van der Waals surface area contributed by atoms with E-state index in [-0.39, 0.29) is 6.10 Å². The Bertz CT molecular complexity index is 333. The lowest BCUT2D eigenvalue weighted by molar-refractivity contribution is 0.232. The smallest absolute Gasteiger partial charge is 0.218 e. The molecule has 4 nitrogen and oxygen atoms in total. The Kier molecular flexibility index (Phi) is 6.11. The zero-order chi connectivity index (χ0) is 12.7. The molecule has 1 heterocycles. The van der Waals surface area contributed by atoms with Crippen LogP contribution in [-0.2, 0) is 0 Å². The van der Waals surface area contributed by atoms with E-state index in [9.17, 15) is 0 Å². The fraction of sp³-hybridized carbons (Fsp3) is 0.667. The molecule has 96 valence electrons. The fourth-order valence-electron chi connectivity index (χ4n) is 1.26. The summed E-state index contributed by atoms with van der Waals surface area (Å²) < 4.78 is 5.51. The van der Waals surface area contributed by atoms with Gasteiger partial charge in [0.05, 0.1) is 6.10 Å². The number of nitrogens with zero attached hydrogens (tertiary/aromatic N) is 2. The maximum atomic E-state index is 5.51. The van der Waals surface area contributed by atoms with Gasteiger partial charge < -0.3 is 10.1 Å². The minimum atomic E-state index is 0.134. The summed E-state index contributed by atoms with van der Waals surface area (Å²) in [6, 6.07) is 1.84. The number of thioether (sulfide) groups is 1. The normalized spacial score (nSPS) is 12.5. The third kappa shape index (κ3) is 5.77.